The summed E-state index contributed by atoms with van der Waals surface area (Å²) in [4.78, 5) is 17.4. The molecule has 5 heteroatoms. The van der Waals surface area contributed by atoms with Gasteiger partial charge < -0.3 is 14.8 Å². The molecule has 0 unspecified atom stereocenters. The third kappa shape index (κ3) is 3.86. The van der Waals surface area contributed by atoms with E-state index in [2.05, 4.69) is 22.1 Å². The molecule has 2 heterocycles. The predicted octanol–water partition coefficient (Wildman–Crippen LogP) is 4.67. The number of para-hydroxylation sites is 3. The van der Waals surface area contributed by atoms with Gasteiger partial charge >= 0.3 is 0 Å². The molecule has 5 nitrogen and oxygen atoms in total. The van der Waals surface area contributed by atoms with Crippen LogP contribution in [0.3, 0.4) is 0 Å². The minimum atomic E-state index is -0.434. The smallest absolute Gasteiger partial charge is 0.233 e. The normalized spacial score (nSPS) is 12.0. The maximum Gasteiger partial charge on any atom is 0.233 e. The molecule has 32 heavy (non-hydrogen) atoms. The van der Waals surface area contributed by atoms with Crippen LogP contribution in [0.1, 0.15) is 17.0 Å². The van der Waals surface area contributed by atoms with Crippen LogP contribution in [0.15, 0.2) is 85.1 Å². The molecule has 1 aliphatic heterocycles. The van der Waals surface area contributed by atoms with Gasteiger partial charge in [-0.2, -0.15) is 0 Å². The summed E-state index contributed by atoms with van der Waals surface area (Å²) in [6.07, 6.45) is 1.74. The molecule has 3 aromatic carbocycles. The zero-order chi connectivity index (χ0) is 21.8. The Labute approximate surface area is 186 Å². The number of amides is 1. The number of ether oxygens (including phenoxy) is 2. The highest BCUT2D eigenvalue weighted by Gasteiger charge is 2.31. The third-order valence-corrected chi connectivity index (χ3v) is 5.31. The van der Waals surface area contributed by atoms with Crippen molar-refractivity contribution in [2.45, 2.75) is 5.92 Å². The average Bonchev–Trinajstić information content (AvgIpc) is 2.84. The molecule has 156 valence electrons. The zero-order valence-corrected chi connectivity index (χ0v) is 17.2. The second-order valence-corrected chi connectivity index (χ2v) is 7.30. The van der Waals surface area contributed by atoms with Crippen molar-refractivity contribution in [3.63, 3.8) is 0 Å². The second kappa shape index (κ2) is 8.83. The SMILES string of the molecule is O=C(NCC#CCOc1cccc2cccnc12)C1c2ccccc2Oc2ccccc21. The molecule has 5 rings (SSSR count). The number of nitrogens with one attached hydrogen (secondary N) is 1. The van der Waals surface area contributed by atoms with Gasteiger partial charge in [-0.1, -0.05) is 66.4 Å². The number of carbonyl (C=O) groups is 1. The van der Waals surface area contributed by atoms with Crippen LogP contribution in [0.4, 0.5) is 0 Å². The van der Waals surface area contributed by atoms with E-state index in [4.69, 9.17) is 9.47 Å². The van der Waals surface area contributed by atoms with Crippen molar-refractivity contribution in [3.05, 3.63) is 96.2 Å². The first-order valence-electron chi connectivity index (χ1n) is 10.4. The third-order valence-electron chi connectivity index (χ3n) is 5.31. The van der Waals surface area contributed by atoms with E-state index in [1.807, 2.05) is 78.9 Å². The lowest BCUT2D eigenvalue weighted by Crippen LogP contribution is -2.31. The molecule has 0 fully saturated rings. The second-order valence-electron chi connectivity index (χ2n) is 7.30. The van der Waals surface area contributed by atoms with E-state index < -0.39 is 5.92 Å². The summed E-state index contributed by atoms with van der Waals surface area (Å²) in [6.45, 7) is 0.451. The van der Waals surface area contributed by atoms with Gasteiger partial charge in [0.25, 0.3) is 0 Å². The molecular formula is C27H20N2O3. The molecule has 1 aliphatic rings. The molecule has 1 aromatic heterocycles. The summed E-state index contributed by atoms with van der Waals surface area (Å²) < 4.78 is 11.7. The first-order chi connectivity index (χ1) is 15.8. The Bertz CT molecular complexity index is 1300. The van der Waals surface area contributed by atoms with Crippen LogP contribution >= 0.6 is 0 Å². The van der Waals surface area contributed by atoms with Crippen molar-refractivity contribution in [1.29, 1.82) is 0 Å². The molecule has 1 N–H and O–H groups in total. The van der Waals surface area contributed by atoms with E-state index in [0.717, 1.165) is 22.0 Å². The summed E-state index contributed by atoms with van der Waals surface area (Å²) in [5.74, 6) is 7.47. The summed E-state index contributed by atoms with van der Waals surface area (Å²) in [6, 6.07) is 24.9. The fourth-order valence-corrected chi connectivity index (χ4v) is 3.85. The van der Waals surface area contributed by atoms with Gasteiger partial charge in [0.1, 0.15) is 29.4 Å². The number of hydrogen-bond donors (Lipinski definition) is 1. The van der Waals surface area contributed by atoms with E-state index >= 15 is 0 Å². The molecule has 0 saturated heterocycles. The highest BCUT2D eigenvalue weighted by Crippen LogP contribution is 2.43. The quantitative estimate of drug-likeness (QED) is 0.488. The highest BCUT2D eigenvalue weighted by molar-refractivity contribution is 5.89. The molecule has 0 spiro atoms. The van der Waals surface area contributed by atoms with Crippen molar-refractivity contribution in [1.82, 2.24) is 10.3 Å². The number of fused-ring (bicyclic) bond motifs is 3. The van der Waals surface area contributed by atoms with Gasteiger partial charge in [-0.3, -0.25) is 9.78 Å². The Balaban J connectivity index is 1.23. The number of aromatic nitrogens is 1. The number of benzene rings is 3. The molecule has 0 bridgehead atoms. The van der Waals surface area contributed by atoms with Gasteiger partial charge in [-0.25, -0.2) is 0 Å². The topological polar surface area (TPSA) is 60.5 Å². The van der Waals surface area contributed by atoms with Crippen LogP contribution in [0.2, 0.25) is 0 Å². The van der Waals surface area contributed by atoms with E-state index in [1.54, 1.807) is 6.20 Å². The zero-order valence-electron chi connectivity index (χ0n) is 17.2. The van der Waals surface area contributed by atoms with Crippen LogP contribution in [-0.2, 0) is 4.79 Å². The predicted molar refractivity (Wildman–Crippen MR) is 123 cm³/mol. The van der Waals surface area contributed by atoms with Crippen molar-refractivity contribution in [2.24, 2.45) is 0 Å². The molecule has 4 aromatic rings. The van der Waals surface area contributed by atoms with Crippen molar-refractivity contribution in [3.8, 4) is 29.1 Å². The van der Waals surface area contributed by atoms with E-state index in [-0.39, 0.29) is 19.1 Å². The average molecular weight is 420 g/mol. The Hall–Kier alpha value is -4.30. The van der Waals surface area contributed by atoms with Crippen LogP contribution in [-0.4, -0.2) is 24.0 Å². The van der Waals surface area contributed by atoms with E-state index in [1.165, 1.54) is 0 Å². The minimum Gasteiger partial charge on any atom is -0.479 e. The maximum absolute atomic E-state index is 13.1. The van der Waals surface area contributed by atoms with Crippen molar-refractivity contribution in [2.75, 3.05) is 13.2 Å². The van der Waals surface area contributed by atoms with E-state index in [0.29, 0.717) is 17.2 Å². The fraction of sp³-hybridized carbons (Fsp3) is 0.111. The minimum absolute atomic E-state index is 0.110. The monoisotopic (exact) mass is 420 g/mol. The first kappa shape index (κ1) is 19.7. The first-order valence-corrected chi connectivity index (χ1v) is 10.4. The molecule has 0 radical (unpaired) electrons. The van der Waals surface area contributed by atoms with Gasteiger partial charge in [0.05, 0.1) is 12.5 Å². The molecular weight excluding hydrogens is 400 g/mol. The Morgan fingerprint density at radius 3 is 2.41 bits per heavy atom. The van der Waals surface area contributed by atoms with Crippen LogP contribution in [0, 0.1) is 11.8 Å². The van der Waals surface area contributed by atoms with Gasteiger partial charge in [-0.05, 0) is 24.3 Å². The van der Waals surface area contributed by atoms with Crippen molar-refractivity contribution < 1.29 is 14.3 Å². The van der Waals surface area contributed by atoms with E-state index in [9.17, 15) is 4.79 Å². The Kier molecular flexibility index (Phi) is 5.42. The Morgan fingerprint density at radius 2 is 1.62 bits per heavy atom. The molecule has 0 saturated carbocycles. The van der Waals surface area contributed by atoms with Gasteiger partial charge in [0, 0.05) is 22.7 Å². The largest absolute Gasteiger partial charge is 0.479 e. The molecule has 0 aliphatic carbocycles. The fourth-order valence-electron chi connectivity index (χ4n) is 3.85. The van der Waals surface area contributed by atoms with Gasteiger partial charge in [0.2, 0.25) is 5.91 Å². The lowest BCUT2D eigenvalue weighted by atomic mass is 9.87. The number of hydrogen-bond acceptors (Lipinski definition) is 4. The lowest BCUT2D eigenvalue weighted by Gasteiger charge is -2.27. The number of nitrogens with zero attached hydrogens (tertiary/aromatic N) is 1. The summed E-state index contributed by atoms with van der Waals surface area (Å²) >= 11 is 0. The molecule has 0 atom stereocenters. The lowest BCUT2D eigenvalue weighted by molar-refractivity contribution is -0.121. The molecule has 1 amide bonds. The Morgan fingerprint density at radius 1 is 0.906 bits per heavy atom. The van der Waals surface area contributed by atoms with Crippen LogP contribution < -0.4 is 14.8 Å². The van der Waals surface area contributed by atoms with Crippen LogP contribution in [0.5, 0.6) is 17.2 Å². The number of carbonyl (C=O) groups excluding carboxylic acids is 1. The maximum atomic E-state index is 13.1. The standard InChI is InChI=1S/C27H20N2O3/c30-27(25-20-11-1-3-13-22(20)32-23-14-4-2-12-21(23)25)29-16-5-6-18-31-24-15-7-9-19-10-8-17-28-26(19)24/h1-4,7-15,17,25H,16,18H2,(H,29,30). The van der Waals surface area contributed by atoms with Gasteiger partial charge in [-0.15, -0.1) is 0 Å². The summed E-state index contributed by atoms with van der Waals surface area (Å²) in [5.41, 5.74) is 2.51. The number of pyridine rings is 1. The summed E-state index contributed by atoms with van der Waals surface area (Å²) in [5, 5.41) is 3.94. The number of rotatable bonds is 4. The highest BCUT2D eigenvalue weighted by atomic mass is 16.5. The summed E-state index contributed by atoms with van der Waals surface area (Å²) in [7, 11) is 0. The van der Waals surface area contributed by atoms with Crippen molar-refractivity contribution >= 4 is 16.8 Å². The van der Waals surface area contributed by atoms with Crippen LogP contribution in [0.25, 0.3) is 10.9 Å². The van der Waals surface area contributed by atoms with Gasteiger partial charge in [0.15, 0.2) is 0 Å².